The lowest BCUT2D eigenvalue weighted by molar-refractivity contribution is 0.103. The molecule has 0 saturated heterocycles. The molecule has 2 aromatic carbocycles. The number of aromatic nitrogens is 1. The van der Waals surface area contributed by atoms with Crippen molar-refractivity contribution in [3.63, 3.8) is 0 Å². The van der Waals surface area contributed by atoms with Gasteiger partial charge in [-0.1, -0.05) is 29.8 Å². The molecule has 0 fully saturated rings. The highest BCUT2D eigenvalue weighted by Gasteiger charge is 2.11. The van der Waals surface area contributed by atoms with E-state index in [2.05, 4.69) is 28.1 Å². The Kier molecular flexibility index (Phi) is 3.84. The van der Waals surface area contributed by atoms with Gasteiger partial charge in [-0.25, -0.2) is 0 Å². The van der Waals surface area contributed by atoms with Crippen molar-refractivity contribution < 1.29 is 4.79 Å². The molecular weight excluding hydrogens is 340 g/mol. The van der Waals surface area contributed by atoms with Crippen molar-refractivity contribution in [3.05, 3.63) is 82.8 Å². The van der Waals surface area contributed by atoms with Crippen molar-refractivity contribution in [2.45, 2.75) is 0 Å². The number of rotatable bonds is 3. The van der Waals surface area contributed by atoms with Gasteiger partial charge in [0, 0.05) is 16.9 Å². The summed E-state index contributed by atoms with van der Waals surface area (Å²) in [6, 6.07) is 21.1. The molecule has 0 spiro atoms. The van der Waals surface area contributed by atoms with Crippen LogP contribution >= 0.6 is 22.9 Å². The molecule has 5 heteroatoms. The second-order valence-corrected chi connectivity index (χ2v) is 6.84. The van der Waals surface area contributed by atoms with E-state index in [-0.39, 0.29) is 5.91 Å². The molecule has 0 aliphatic carbocycles. The lowest BCUT2D eigenvalue weighted by atomic mass is 10.2. The lowest BCUT2D eigenvalue weighted by Gasteiger charge is -2.03. The number of benzene rings is 2. The summed E-state index contributed by atoms with van der Waals surface area (Å²) in [5, 5.41) is 5.72. The Morgan fingerprint density at radius 2 is 1.75 bits per heavy atom. The molecule has 118 valence electrons. The van der Waals surface area contributed by atoms with Crippen LogP contribution in [0.3, 0.4) is 0 Å². The molecule has 0 saturated carbocycles. The molecule has 1 amide bonds. The number of hydrogen-bond acceptors (Lipinski definition) is 2. The molecule has 1 N–H and O–H groups in total. The molecule has 24 heavy (non-hydrogen) atoms. The summed E-state index contributed by atoms with van der Waals surface area (Å²) in [6.45, 7) is 0. The van der Waals surface area contributed by atoms with Gasteiger partial charge in [-0.05, 0) is 53.9 Å². The van der Waals surface area contributed by atoms with Crippen molar-refractivity contribution in [3.8, 4) is 5.00 Å². The quantitative estimate of drug-likeness (QED) is 0.511. The minimum Gasteiger partial charge on any atom is -0.321 e. The first-order chi connectivity index (χ1) is 11.7. The number of thiophene rings is 1. The maximum atomic E-state index is 12.4. The van der Waals surface area contributed by atoms with Crippen LogP contribution in [-0.2, 0) is 0 Å². The Bertz CT molecular complexity index is 1020. The van der Waals surface area contributed by atoms with Crippen molar-refractivity contribution in [2.75, 3.05) is 5.32 Å². The Balaban J connectivity index is 1.60. The zero-order valence-corrected chi connectivity index (χ0v) is 14.1. The molecule has 0 unspecified atom stereocenters. The zero-order valence-electron chi connectivity index (χ0n) is 12.6. The number of para-hydroxylation sites is 1. The third-order valence-electron chi connectivity index (χ3n) is 3.75. The van der Waals surface area contributed by atoms with E-state index in [4.69, 9.17) is 11.6 Å². The van der Waals surface area contributed by atoms with E-state index in [1.54, 1.807) is 24.3 Å². The van der Waals surface area contributed by atoms with Gasteiger partial charge in [0.05, 0.1) is 10.4 Å². The van der Waals surface area contributed by atoms with Gasteiger partial charge in [0.2, 0.25) is 0 Å². The molecule has 4 aromatic rings. The van der Waals surface area contributed by atoms with Crippen molar-refractivity contribution >= 4 is 45.4 Å². The molecule has 0 radical (unpaired) electrons. The molecular formula is C19H13ClN2OS. The molecule has 3 nitrogen and oxygen atoms in total. The zero-order chi connectivity index (χ0) is 16.5. The van der Waals surface area contributed by atoms with Crippen LogP contribution in [0, 0.1) is 0 Å². The van der Waals surface area contributed by atoms with Gasteiger partial charge in [0.25, 0.3) is 5.91 Å². The predicted octanol–water partition coefficient (Wildman–Crippen LogP) is 5.60. The fraction of sp³-hybridized carbons (Fsp3) is 0. The van der Waals surface area contributed by atoms with E-state index in [1.807, 2.05) is 30.5 Å². The highest BCUT2D eigenvalue weighted by molar-refractivity contribution is 7.16. The Labute approximate surface area is 148 Å². The number of carbonyl (C=O) groups is 1. The number of halogens is 1. The van der Waals surface area contributed by atoms with Crippen molar-refractivity contribution in [1.29, 1.82) is 0 Å². The molecule has 0 bridgehead atoms. The Hall–Kier alpha value is -2.56. The summed E-state index contributed by atoms with van der Waals surface area (Å²) in [5.41, 5.74) is 1.86. The number of fused-ring (bicyclic) bond motifs is 1. The highest BCUT2D eigenvalue weighted by Crippen LogP contribution is 2.26. The first-order valence-corrected chi connectivity index (χ1v) is 8.63. The largest absolute Gasteiger partial charge is 0.321 e. The number of nitrogens with zero attached hydrogens (tertiary/aromatic N) is 1. The van der Waals surface area contributed by atoms with Crippen molar-refractivity contribution in [2.24, 2.45) is 0 Å². The topological polar surface area (TPSA) is 34.0 Å². The first-order valence-electron chi connectivity index (χ1n) is 7.44. The summed E-state index contributed by atoms with van der Waals surface area (Å²) in [7, 11) is 0. The van der Waals surface area contributed by atoms with Gasteiger partial charge < -0.3 is 9.88 Å². The van der Waals surface area contributed by atoms with Crippen molar-refractivity contribution in [1.82, 2.24) is 4.57 Å². The second kappa shape index (κ2) is 6.15. The summed E-state index contributed by atoms with van der Waals surface area (Å²) in [6.07, 6.45) is 2.03. The number of amides is 1. The average Bonchev–Trinajstić information content (AvgIpc) is 3.23. The van der Waals surface area contributed by atoms with E-state index in [0.29, 0.717) is 9.90 Å². The van der Waals surface area contributed by atoms with Crippen LogP contribution in [0.25, 0.3) is 15.9 Å². The third kappa shape index (κ3) is 2.82. The van der Waals surface area contributed by atoms with Gasteiger partial charge in [-0.3, -0.25) is 4.79 Å². The maximum absolute atomic E-state index is 12.4. The Morgan fingerprint density at radius 1 is 0.958 bits per heavy atom. The first kappa shape index (κ1) is 15.0. The van der Waals surface area contributed by atoms with Gasteiger partial charge in [0.1, 0.15) is 5.00 Å². The minimum absolute atomic E-state index is 0.120. The molecule has 4 rings (SSSR count). The summed E-state index contributed by atoms with van der Waals surface area (Å²) >= 11 is 7.32. The summed E-state index contributed by atoms with van der Waals surface area (Å²) < 4.78 is 2.10. The van der Waals surface area contributed by atoms with E-state index in [9.17, 15) is 4.79 Å². The fourth-order valence-electron chi connectivity index (χ4n) is 2.58. The highest BCUT2D eigenvalue weighted by atomic mass is 35.5. The average molecular weight is 353 g/mol. The number of hydrogen-bond donors (Lipinski definition) is 1. The van der Waals surface area contributed by atoms with Crippen LogP contribution in [0.15, 0.2) is 72.9 Å². The van der Waals surface area contributed by atoms with Gasteiger partial charge in [0.15, 0.2) is 0 Å². The van der Waals surface area contributed by atoms with Crippen LogP contribution in [0.2, 0.25) is 5.02 Å². The number of carbonyl (C=O) groups excluding carboxylic acids is 1. The molecule has 0 aliphatic rings. The van der Waals surface area contributed by atoms with E-state index in [0.717, 1.165) is 16.2 Å². The smallest absolute Gasteiger partial charge is 0.265 e. The van der Waals surface area contributed by atoms with E-state index < -0.39 is 0 Å². The molecule has 0 atom stereocenters. The predicted molar refractivity (Wildman–Crippen MR) is 101 cm³/mol. The summed E-state index contributed by atoms with van der Waals surface area (Å²) in [4.78, 5) is 13.1. The maximum Gasteiger partial charge on any atom is 0.265 e. The molecule has 0 aliphatic heterocycles. The minimum atomic E-state index is -0.120. The monoisotopic (exact) mass is 352 g/mol. The van der Waals surface area contributed by atoms with Crippen LogP contribution in [0.5, 0.6) is 0 Å². The third-order valence-corrected chi connectivity index (χ3v) is 5.09. The number of anilines is 1. The van der Waals surface area contributed by atoms with Gasteiger partial charge in [-0.15, -0.1) is 11.3 Å². The van der Waals surface area contributed by atoms with Gasteiger partial charge >= 0.3 is 0 Å². The van der Waals surface area contributed by atoms with E-state index >= 15 is 0 Å². The van der Waals surface area contributed by atoms with Crippen LogP contribution in [0.4, 0.5) is 5.69 Å². The van der Waals surface area contributed by atoms with Crippen LogP contribution < -0.4 is 5.32 Å². The molecule has 2 aromatic heterocycles. The fourth-order valence-corrected chi connectivity index (χ4v) is 3.61. The SMILES string of the molecule is O=C(Nc1ccc(Cl)cc1)c1ccc(-n2ccc3ccccc32)s1. The second-order valence-electron chi connectivity index (χ2n) is 5.34. The summed E-state index contributed by atoms with van der Waals surface area (Å²) in [5.74, 6) is -0.120. The normalized spacial score (nSPS) is 10.9. The molecule has 2 heterocycles. The standard InChI is InChI=1S/C19H13ClN2OS/c20-14-5-7-15(8-6-14)21-19(23)17-9-10-18(24-17)22-12-11-13-3-1-2-4-16(13)22/h1-12H,(H,21,23). The van der Waals surface area contributed by atoms with Crippen LogP contribution in [0.1, 0.15) is 9.67 Å². The van der Waals surface area contributed by atoms with Gasteiger partial charge in [-0.2, -0.15) is 0 Å². The van der Waals surface area contributed by atoms with E-state index in [1.165, 1.54) is 16.7 Å². The lowest BCUT2D eigenvalue weighted by Crippen LogP contribution is -2.09. The number of nitrogens with one attached hydrogen (secondary N) is 1. The van der Waals surface area contributed by atoms with Crippen LogP contribution in [-0.4, -0.2) is 10.5 Å². The Morgan fingerprint density at radius 3 is 2.58 bits per heavy atom.